The molecule has 2 bridgehead atoms. The molecule has 3 heteroatoms. The average molecular weight is 298 g/mol. The van der Waals surface area contributed by atoms with Crippen LogP contribution in [-0.2, 0) is 15.1 Å². The van der Waals surface area contributed by atoms with E-state index in [2.05, 4.69) is 29.6 Å². The van der Waals surface area contributed by atoms with Crippen molar-refractivity contribution in [1.29, 1.82) is 0 Å². The van der Waals surface area contributed by atoms with E-state index in [0.29, 0.717) is 11.8 Å². The van der Waals surface area contributed by atoms with Crippen LogP contribution in [0.4, 0.5) is 0 Å². The lowest BCUT2D eigenvalue weighted by atomic mass is 9.85. The number of carbonyl (C=O) groups excluding carboxylic acids is 1. The summed E-state index contributed by atoms with van der Waals surface area (Å²) in [7, 11) is 0. The Morgan fingerprint density at radius 1 is 1.18 bits per heavy atom. The number of hydrogen-bond acceptors (Lipinski definition) is 2. The normalized spacial score (nSPS) is 36.5. The standard InChI is InChI=1S/C19H23NO2/c21-18(17-12-14-7-8-15(17)11-14)22-19(9-4-10-20-13-19)16-5-2-1-3-6-16/h1-3,5-8,14-15,17,20H,4,9-13H2/p+1. The molecule has 0 amide bonds. The van der Waals surface area contributed by atoms with Crippen LogP contribution in [0.1, 0.15) is 31.2 Å². The summed E-state index contributed by atoms with van der Waals surface area (Å²) in [6.45, 7) is 1.97. The van der Waals surface area contributed by atoms with E-state index in [9.17, 15) is 4.79 Å². The SMILES string of the molecule is O=C(OC1(c2ccccc2)CCC[NH2+]C1)C1CC2C=CC1C2. The number of ether oxygens (including phenoxy) is 1. The Bertz CT molecular complexity index is 574. The fraction of sp³-hybridized carbons (Fsp3) is 0.526. The van der Waals surface area contributed by atoms with Crippen LogP contribution in [0.25, 0.3) is 0 Å². The average Bonchev–Trinajstić information content (AvgIpc) is 3.20. The molecule has 4 rings (SSSR count). The summed E-state index contributed by atoms with van der Waals surface area (Å²) in [6.07, 6.45) is 8.66. The van der Waals surface area contributed by atoms with E-state index >= 15 is 0 Å². The number of benzene rings is 1. The van der Waals surface area contributed by atoms with Gasteiger partial charge in [-0.1, -0.05) is 42.5 Å². The van der Waals surface area contributed by atoms with Crippen molar-refractivity contribution < 1.29 is 14.8 Å². The number of allylic oxidation sites excluding steroid dienone is 2. The maximum absolute atomic E-state index is 12.8. The number of fused-ring (bicyclic) bond motifs is 2. The summed E-state index contributed by atoms with van der Waals surface area (Å²) in [5.74, 6) is 1.12. The first-order valence-electron chi connectivity index (χ1n) is 8.55. The van der Waals surface area contributed by atoms with Crippen molar-refractivity contribution in [2.75, 3.05) is 13.1 Å². The zero-order valence-electron chi connectivity index (χ0n) is 12.9. The van der Waals surface area contributed by atoms with Crippen molar-refractivity contribution in [2.24, 2.45) is 17.8 Å². The van der Waals surface area contributed by atoms with Gasteiger partial charge in [0, 0.05) is 18.4 Å². The van der Waals surface area contributed by atoms with Gasteiger partial charge in [0.1, 0.15) is 6.54 Å². The largest absolute Gasteiger partial charge is 0.448 e. The second-order valence-electron chi connectivity index (χ2n) is 7.05. The number of rotatable bonds is 3. The molecule has 0 spiro atoms. The van der Waals surface area contributed by atoms with Crippen molar-refractivity contribution in [3.05, 3.63) is 48.0 Å². The molecule has 4 unspecified atom stereocenters. The molecule has 2 N–H and O–H groups in total. The first-order chi connectivity index (χ1) is 10.8. The van der Waals surface area contributed by atoms with E-state index in [1.807, 2.05) is 18.2 Å². The third kappa shape index (κ3) is 2.38. The number of nitrogens with two attached hydrogens (primary N) is 1. The molecule has 3 aliphatic rings. The smallest absolute Gasteiger partial charge is 0.310 e. The Kier molecular flexibility index (Phi) is 3.53. The Morgan fingerprint density at radius 3 is 2.68 bits per heavy atom. The zero-order chi connectivity index (χ0) is 15.0. The van der Waals surface area contributed by atoms with E-state index in [-0.39, 0.29) is 11.9 Å². The summed E-state index contributed by atoms with van der Waals surface area (Å²) in [4.78, 5) is 12.8. The minimum atomic E-state index is -0.428. The molecule has 116 valence electrons. The maximum Gasteiger partial charge on any atom is 0.310 e. The monoisotopic (exact) mass is 298 g/mol. The lowest BCUT2D eigenvalue weighted by Gasteiger charge is -2.36. The molecule has 1 aromatic carbocycles. The third-order valence-corrected chi connectivity index (χ3v) is 5.64. The second-order valence-corrected chi connectivity index (χ2v) is 7.05. The van der Waals surface area contributed by atoms with Crippen LogP contribution in [0.3, 0.4) is 0 Å². The fourth-order valence-electron chi connectivity index (χ4n) is 4.44. The first-order valence-corrected chi connectivity index (χ1v) is 8.55. The molecule has 1 aromatic rings. The Labute approximate surface area is 131 Å². The Morgan fingerprint density at radius 2 is 2.05 bits per heavy atom. The van der Waals surface area contributed by atoms with Crippen molar-refractivity contribution in [1.82, 2.24) is 0 Å². The van der Waals surface area contributed by atoms with Gasteiger partial charge in [0.2, 0.25) is 0 Å². The lowest BCUT2D eigenvalue weighted by molar-refractivity contribution is -0.678. The summed E-state index contributed by atoms with van der Waals surface area (Å²) in [5.41, 5.74) is 0.722. The lowest BCUT2D eigenvalue weighted by Crippen LogP contribution is -2.90. The number of carbonyl (C=O) groups is 1. The molecule has 1 saturated heterocycles. The molecule has 1 aliphatic heterocycles. The topological polar surface area (TPSA) is 42.9 Å². The highest BCUT2D eigenvalue weighted by molar-refractivity contribution is 5.74. The van der Waals surface area contributed by atoms with Gasteiger partial charge in [0.15, 0.2) is 5.60 Å². The minimum Gasteiger partial charge on any atom is -0.448 e. The summed E-state index contributed by atoms with van der Waals surface area (Å²) in [5, 5.41) is 2.28. The maximum atomic E-state index is 12.8. The number of quaternary nitrogens is 1. The molecule has 0 aromatic heterocycles. The number of esters is 1. The second kappa shape index (κ2) is 5.54. The van der Waals surface area contributed by atoms with Crippen LogP contribution < -0.4 is 5.32 Å². The molecular weight excluding hydrogens is 274 g/mol. The van der Waals surface area contributed by atoms with Crippen LogP contribution in [0.15, 0.2) is 42.5 Å². The molecule has 1 heterocycles. The van der Waals surface area contributed by atoms with Gasteiger partial charge < -0.3 is 10.1 Å². The van der Waals surface area contributed by atoms with Crippen LogP contribution in [0, 0.1) is 17.8 Å². The van der Waals surface area contributed by atoms with Crippen LogP contribution in [-0.4, -0.2) is 19.1 Å². The molecule has 1 saturated carbocycles. The van der Waals surface area contributed by atoms with Crippen molar-refractivity contribution in [2.45, 2.75) is 31.3 Å². The molecular formula is C19H24NO2+. The van der Waals surface area contributed by atoms with E-state index in [1.165, 1.54) is 0 Å². The molecule has 2 aliphatic carbocycles. The van der Waals surface area contributed by atoms with Gasteiger partial charge >= 0.3 is 5.97 Å². The Balaban J connectivity index is 1.56. The molecule has 4 atom stereocenters. The predicted molar refractivity (Wildman–Crippen MR) is 83.9 cm³/mol. The van der Waals surface area contributed by atoms with Gasteiger partial charge in [-0.05, 0) is 24.7 Å². The van der Waals surface area contributed by atoms with E-state index < -0.39 is 5.60 Å². The summed E-state index contributed by atoms with van der Waals surface area (Å²) < 4.78 is 6.20. The third-order valence-electron chi connectivity index (χ3n) is 5.64. The van der Waals surface area contributed by atoms with Gasteiger partial charge in [0.25, 0.3) is 0 Å². The van der Waals surface area contributed by atoms with E-state index in [4.69, 9.17) is 4.74 Å². The van der Waals surface area contributed by atoms with Crippen molar-refractivity contribution in [3.63, 3.8) is 0 Å². The predicted octanol–water partition coefficient (Wildman–Crippen LogP) is 1.99. The van der Waals surface area contributed by atoms with Gasteiger partial charge in [-0.2, -0.15) is 0 Å². The number of piperidine rings is 1. The van der Waals surface area contributed by atoms with Gasteiger partial charge in [-0.15, -0.1) is 0 Å². The summed E-state index contributed by atoms with van der Waals surface area (Å²) >= 11 is 0. The highest BCUT2D eigenvalue weighted by atomic mass is 16.6. The summed E-state index contributed by atoms with van der Waals surface area (Å²) in [6, 6.07) is 10.3. The van der Waals surface area contributed by atoms with Crippen LogP contribution in [0.5, 0.6) is 0 Å². The molecule has 3 nitrogen and oxygen atoms in total. The van der Waals surface area contributed by atoms with Gasteiger partial charge in [0.05, 0.1) is 12.5 Å². The number of hydrogen-bond donors (Lipinski definition) is 1. The van der Waals surface area contributed by atoms with Crippen molar-refractivity contribution >= 4 is 5.97 Å². The quantitative estimate of drug-likeness (QED) is 0.685. The molecule has 22 heavy (non-hydrogen) atoms. The minimum absolute atomic E-state index is 0.0241. The van der Waals surface area contributed by atoms with E-state index in [1.54, 1.807) is 0 Å². The van der Waals surface area contributed by atoms with Crippen LogP contribution >= 0.6 is 0 Å². The highest BCUT2D eigenvalue weighted by Crippen LogP contribution is 2.45. The fourth-order valence-corrected chi connectivity index (χ4v) is 4.44. The van der Waals surface area contributed by atoms with Gasteiger partial charge in [-0.25, -0.2) is 0 Å². The molecule has 2 fully saturated rings. The van der Waals surface area contributed by atoms with Crippen LogP contribution in [0.2, 0.25) is 0 Å². The highest BCUT2D eigenvalue weighted by Gasteiger charge is 2.46. The molecule has 0 radical (unpaired) electrons. The van der Waals surface area contributed by atoms with Crippen molar-refractivity contribution in [3.8, 4) is 0 Å². The first kappa shape index (κ1) is 14.0. The Hall–Kier alpha value is -1.61. The van der Waals surface area contributed by atoms with E-state index in [0.717, 1.165) is 44.3 Å². The van der Waals surface area contributed by atoms with Gasteiger partial charge in [-0.3, -0.25) is 4.79 Å². The zero-order valence-corrected chi connectivity index (χ0v) is 12.9.